The third kappa shape index (κ3) is 2.08. The van der Waals surface area contributed by atoms with E-state index in [9.17, 15) is 18.0 Å². The molecule has 1 aromatic rings. The van der Waals surface area contributed by atoms with Crippen LogP contribution in [0.5, 0.6) is 0 Å². The minimum atomic E-state index is -1.59. The lowest BCUT2D eigenvalue weighted by Gasteiger charge is -2.23. The largest absolute Gasteiger partial charge is 0.338 e. The first-order valence-corrected chi connectivity index (χ1v) is 6.66. The SMILES string of the molecule is O=C(c1ccc(F)c(F)c1F)N1CCC2(CCNC2)C1. The van der Waals surface area contributed by atoms with Gasteiger partial charge in [-0.3, -0.25) is 4.79 Å². The summed E-state index contributed by atoms with van der Waals surface area (Å²) in [5.41, 5.74) is -0.336. The van der Waals surface area contributed by atoms with E-state index in [4.69, 9.17) is 0 Å². The van der Waals surface area contributed by atoms with Crippen molar-refractivity contribution in [1.29, 1.82) is 0 Å². The molecule has 0 aliphatic carbocycles. The molecular formula is C14H15F3N2O. The summed E-state index contributed by atoms with van der Waals surface area (Å²) in [6.45, 7) is 2.83. The summed E-state index contributed by atoms with van der Waals surface area (Å²) >= 11 is 0. The molecule has 0 bridgehead atoms. The Morgan fingerprint density at radius 3 is 2.70 bits per heavy atom. The number of hydrogen-bond donors (Lipinski definition) is 1. The molecule has 108 valence electrons. The van der Waals surface area contributed by atoms with Gasteiger partial charge in [-0.2, -0.15) is 0 Å². The molecular weight excluding hydrogens is 269 g/mol. The predicted molar refractivity (Wildman–Crippen MR) is 66.8 cm³/mol. The van der Waals surface area contributed by atoms with Crippen molar-refractivity contribution in [1.82, 2.24) is 10.2 Å². The molecule has 0 radical (unpaired) electrons. The minimum Gasteiger partial charge on any atom is -0.338 e. The third-order valence-corrected chi connectivity index (χ3v) is 4.32. The molecule has 3 rings (SSSR count). The van der Waals surface area contributed by atoms with Crippen molar-refractivity contribution >= 4 is 5.91 Å². The number of amides is 1. The third-order valence-electron chi connectivity index (χ3n) is 4.32. The van der Waals surface area contributed by atoms with E-state index >= 15 is 0 Å². The zero-order valence-corrected chi connectivity index (χ0v) is 10.9. The van der Waals surface area contributed by atoms with Crippen molar-refractivity contribution in [2.24, 2.45) is 5.41 Å². The molecule has 2 heterocycles. The summed E-state index contributed by atoms with van der Waals surface area (Å²) in [4.78, 5) is 13.8. The fourth-order valence-corrected chi connectivity index (χ4v) is 3.11. The lowest BCUT2D eigenvalue weighted by molar-refractivity contribution is 0.0769. The number of hydrogen-bond acceptors (Lipinski definition) is 2. The second kappa shape index (κ2) is 4.77. The van der Waals surface area contributed by atoms with Crippen molar-refractivity contribution in [3.63, 3.8) is 0 Å². The Hall–Kier alpha value is -1.56. The average molecular weight is 284 g/mol. The molecule has 1 unspecified atom stereocenters. The molecule has 2 aliphatic rings. The maximum absolute atomic E-state index is 13.7. The number of benzene rings is 1. The molecule has 1 spiro atoms. The van der Waals surface area contributed by atoms with E-state index in [1.807, 2.05) is 0 Å². The number of likely N-dealkylation sites (tertiary alicyclic amines) is 1. The fourth-order valence-electron chi connectivity index (χ4n) is 3.11. The molecule has 2 saturated heterocycles. The van der Waals surface area contributed by atoms with Crippen molar-refractivity contribution < 1.29 is 18.0 Å². The van der Waals surface area contributed by atoms with Crippen LogP contribution in [0.1, 0.15) is 23.2 Å². The number of nitrogens with one attached hydrogen (secondary N) is 1. The van der Waals surface area contributed by atoms with Gasteiger partial charge in [-0.15, -0.1) is 0 Å². The Labute approximate surface area is 114 Å². The van der Waals surface area contributed by atoms with Gasteiger partial charge in [0, 0.05) is 25.0 Å². The second-order valence-corrected chi connectivity index (χ2v) is 5.63. The molecule has 1 atom stereocenters. The number of carbonyl (C=O) groups is 1. The van der Waals surface area contributed by atoms with Crippen LogP contribution < -0.4 is 5.32 Å². The lowest BCUT2D eigenvalue weighted by Crippen LogP contribution is -2.33. The normalized spacial score (nSPS) is 25.6. The summed E-state index contributed by atoms with van der Waals surface area (Å²) in [6.07, 6.45) is 1.84. The zero-order valence-electron chi connectivity index (χ0n) is 10.9. The van der Waals surface area contributed by atoms with Crippen LogP contribution in [-0.2, 0) is 0 Å². The molecule has 1 amide bonds. The Kier molecular flexibility index (Phi) is 3.20. The van der Waals surface area contributed by atoms with Crippen LogP contribution in [-0.4, -0.2) is 37.0 Å². The van der Waals surface area contributed by atoms with Crippen LogP contribution in [0.3, 0.4) is 0 Å². The molecule has 2 fully saturated rings. The van der Waals surface area contributed by atoms with Crippen LogP contribution in [0.15, 0.2) is 12.1 Å². The van der Waals surface area contributed by atoms with E-state index in [2.05, 4.69) is 5.32 Å². The van der Waals surface area contributed by atoms with Gasteiger partial charge in [0.05, 0.1) is 5.56 Å². The Morgan fingerprint density at radius 1 is 1.20 bits per heavy atom. The predicted octanol–water partition coefficient (Wildman–Crippen LogP) is 1.93. The summed E-state index contributed by atoms with van der Waals surface area (Å²) in [5.74, 6) is -4.84. The van der Waals surface area contributed by atoms with Gasteiger partial charge >= 0.3 is 0 Å². The molecule has 1 aromatic carbocycles. The summed E-state index contributed by atoms with van der Waals surface area (Å²) in [6, 6.07) is 1.79. The number of nitrogens with zero attached hydrogens (tertiary/aromatic N) is 1. The van der Waals surface area contributed by atoms with Crippen LogP contribution in [0.2, 0.25) is 0 Å². The highest BCUT2D eigenvalue weighted by Crippen LogP contribution is 2.36. The molecule has 6 heteroatoms. The summed E-state index contributed by atoms with van der Waals surface area (Å²) in [5, 5.41) is 3.26. The van der Waals surface area contributed by atoms with Gasteiger partial charge in [0.25, 0.3) is 5.91 Å². The van der Waals surface area contributed by atoms with Crippen LogP contribution in [0, 0.1) is 22.9 Å². The van der Waals surface area contributed by atoms with Gasteiger partial charge in [-0.05, 0) is 31.5 Å². The first-order chi connectivity index (χ1) is 9.52. The summed E-state index contributed by atoms with van der Waals surface area (Å²) in [7, 11) is 0. The molecule has 1 N–H and O–H groups in total. The maximum Gasteiger partial charge on any atom is 0.256 e. The van der Waals surface area contributed by atoms with Crippen LogP contribution >= 0.6 is 0 Å². The molecule has 20 heavy (non-hydrogen) atoms. The lowest BCUT2D eigenvalue weighted by atomic mass is 9.86. The highest BCUT2D eigenvalue weighted by atomic mass is 19.2. The van der Waals surface area contributed by atoms with E-state index in [0.29, 0.717) is 13.1 Å². The number of rotatable bonds is 1. The van der Waals surface area contributed by atoms with Gasteiger partial charge in [-0.25, -0.2) is 13.2 Å². The Bertz CT molecular complexity index is 556. The average Bonchev–Trinajstić information content (AvgIpc) is 3.07. The highest BCUT2D eigenvalue weighted by Gasteiger charge is 2.42. The first kappa shape index (κ1) is 13.4. The molecule has 0 saturated carbocycles. The van der Waals surface area contributed by atoms with Gasteiger partial charge in [0.2, 0.25) is 0 Å². The van der Waals surface area contributed by atoms with Gasteiger partial charge < -0.3 is 10.2 Å². The molecule has 0 aromatic heterocycles. The highest BCUT2D eigenvalue weighted by molar-refractivity contribution is 5.94. The van der Waals surface area contributed by atoms with Crippen molar-refractivity contribution in [3.05, 3.63) is 35.1 Å². The zero-order chi connectivity index (χ0) is 14.3. The standard InChI is InChI=1S/C14H15F3N2O/c15-10-2-1-9(11(16)12(10)17)13(20)19-6-4-14(8-19)3-5-18-7-14/h1-2,18H,3-8H2. The monoisotopic (exact) mass is 284 g/mol. The Balaban J connectivity index is 1.82. The van der Waals surface area contributed by atoms with Crippen molar-refractivity contribution in [2.75, 3.05) is 26.2 Å². The van der Waals surface area contributed by atoms with Gasteiger partial charge in [0.15, 0.2) is 17.5 Å². The smallest absolute Gasteiger partial charge is 0.256 e. The topological polar surface area (TPSA) is 32.3 Å². The molecule has 2 aliphatic heterocycles. The fraction of sp³-hybridized carbons (Fsp3) is 0.500. The van der Waals surface area contributed by atoms with Crippen LogP contribution in [0.25, 0.3) is 0 Å². The summed E-state index contributed by atoms with van der Waals surface area (Å²) < 4.78 is 39.8. The van der Waals surface area contributed by atoms with E-state index in [1.54, 1.807) is 0 Å². The van der Waals surface area contributed by atoms with E-state index in [1.165, 1.54) is 4.90 Å². The quantitative estimate of drug-likeness (QED) is 0.799. The maximum atomic E-state index is 13.7. The Morgan fingerprint density at radius 2 is 2.00 bits per heavy atom. The first-order valence-electron chi connectivity index (χ1n) is 6.66. The second-order valence-electron chi connectivity index (χ2n) is 5.63. The van der Waals surface area contributed by atoms with E-state index < -0.39 is 28.9 Å². The van der Waals surface area contributed by atoms with Crippen molar-refractivity contribution in [2.45, 2.75) is 12.8 Å². The van der Waals surface area contributed by atoms with E-state index in [-0.39, 0.29) is 5.41 Å². The van der Waals surface area contributed by atoms with E-state index in [0.717, 1.165) is 38.1 Å². The van der Waals surface area contributed by atoms with Crippen molar-refractivity contribution in [3.8, 4) is 0 Å². The number of halogens is 3. The number of carbonyl (C=O) groups excluding carboxylic acids is 1. The molecule has 3 nitrogen and oxygen atoms in total. The van der Waals surface area contributed by atoms with Crippen LogP contribution in [0.4, 0.5) is 13.2 Å². The minimum absolute atomic E-state index is 0.0602. The van der Waals surface area contributed by atoms with Gasteiger partial charge in [-0.1, -0.05) is 0 Å². The van der Waals surface area contributed by atoms with Gasteiger partial charge in [0.1, 0.15) is 0 Å².